The summed E-state index contributed by atoms with van der Waals surface area (Å²) < 4.78 is 5.93. The van der Waals surface area contributed by atoms with Crippen molar-refractivity contribution in [3.63, 3.8) is 0 Å². The van der Waals surface area contributed by atoms with E-state index in [1.165, 1.54) is 29.3 Å². The summed E-state index contributed by atoms with van der Waals surface area (Å²) in [6.07, 6.45) is 1.81. The highest BCUT2D eigenvalue weighted by atomic mass is 32.1. The van der Waals surface area contributed by atoms with Gasteiger partial charge in [0.05, 0.1) is 18.8 Å². The van der Waals surface area contributed by atoms with Gasteiger partial charge in [-0.3, -0.25) is 14.2 Å². The number of rotatable bonds is 6. The van der Waals surface area contributed by atoms with E-state index in [2.05, 4.69) is 10.3 Å². The number of thiophene rings is 1. The maximum atomic E-state index is 12.2. The number of carbonyl (C=O) groups is 2. The number of methoxy groups -OCH3 is 1. The Labute approximate surface area is 137 Å². The molecule has 1 N–H and O–H groups in total. The SMILES string of the molecule is COC(=O)[C@@H](CC(C)C)NC(=O)Cn1cnc2sccc2c1=O. The highest BCUT2D eigenvalue weighted by Gasteiger charge is 2.22. The van der Waals surface area contributed by atoms with Crippen LogP contribution in [0.4, 0.5) is 0 Å². The predicted molar refractivity (Wildman–Crippen MR) is 87.3 cm³/mol. The Bertz CT molecular complexity index is 765. The van der Waals surface area contributed by atoms with Crippen LogP contribution in [0, 0.1) is 5.92 Å². The molecule has 1 atom stereocenters. The van der Waals surface area contributed by atoms with Gasteiger partial charge in [0.25, 0.3) is 5.56 Å². The lowest BCUT2D eigenvalue weighted by atomic mass is 10.0. The quantitative estimate of drug-likeness (QED) is 0.799. The van der Waals surface area contributed by atoms with Gasteiger partial charge in [0, 0.05) is 0 Å². The molecule has 0 aromatic carbocycles. The number of esters is 1. The molecule has 0 fully saturated rings. The molecule has 0 spiro atoms. The number of ether oxygens (including phenoxy) is 1. The molecule has 124 valence electrons. The molecule has 2 aromatic heterocycles. The van der Waals surface area contributed by atoms with Gasteiger partial charge >= 0.3 is 5.97 Å². The van der Waals surface area contributed by atoms with E-state index in [-0.39, 0.29) is 18.0 Å². The third-order valence-corrected chi connectivity index (χ3v) is 4.11. The highest BCUT2D eigenvalue weighted by Crippen LogP contribution is 2.13. The van der Waals surface area contributed by atoms with E-state index in [9.17, 15) is 14.4 Å². The molecule has 8 heteroatoms. The van der Waals surface area contributed by atoms with E-state index < -0.39 is 17.9 Å². The Hall–Kier alpha value is -2.22. The minimum atomic E-state index is -0.721. The Balaban J connectivity index is 2.11. The van der Waals surface area contributed by atoms with Crippen LogP contribution in [0.15, 0.2) is 22.6 Å². The van der Waals surface area contributed by atoms with Crippen LogP contribution in [-0.4, -0.2) is 34.6 Å². The lowest BCUT2D eigenvalue weighted by molar-refractivity contribution is -0.145. The molecule has 23 heavy (non-hydrogen) atoms. The summed E-state index contributed by atoms with van der Waals surface area (Å²) in [6, 6.07) is 0.959. The number of aromatic nitrogens is 2. The minimum absolute atomic E-state index is 0.191. The van der Waals surface area contributed by atoms with Gasteiger partial charge in [-0.1, -0.05) is 13.8 Å². The fraction of sp³-hybridized carbons (Fsp3) is 0.467. The first-order valence-corrected chi connectivity index (χ1v) is 8.10. The van der Waals surface area contributed by atoms with Crippen LogP contribution >= 0.6 is 11.3 Å². The van der Waals surface area contributed by atoms with Crippen molar-refractivity contribution in [2.75, 3.05) is 7.11 Å². The van der Waals surface area contributed by atoms with Gasteiger partial charge < -0.3 is 10.1 Å². The molecule has 0 radical (unpaired) electrons. The van der Waals surface area contributed by atoms with E-state index >= 15 is 0 Å². The smallest absolute Gasteiger partial charge is 0.328 e. The number of nitrogens with one attached hydrogen (secondary N) is 1. The number of amides is 1. The van der Waals surface area contributed by atoms with Crippen LogP contribution in [-0.2, 0) is 20.9 Å². The van der Waals surface area contributed by atoms with Crippen molar-refractivity contribution < 1.29 is 14.3 Å². The molecule has 0 aliphatic carbocycles. The van der Waals surface area contributed by atoms with Gasteiger partial charge in [0.15, 0.2) is 0 Å². The van der Waals surface area contributed by atoms with E-state index in [1.54, 1.807) is 11.4 Å². The lowest BCUT2D eigenvalue weighted by Gasteiger charge is -2.18. The van der Waals surface area contributed by atoms with Crippen molar-refractivity contribution in [2.24, 2.45) is 5.92 Å². The second kappa shape index (κ2) is 7.36. The summed E-state index contributed by atoms with van der Waals surface area (Å²) in [5, 5.41) is 4.88. The maximum absolute atomic E-state index is 12.2. The van der Waals surface area contributed by atoms with Crippen LogP contribution < -0.4 is 10.9 Å². The second-order valence-electron chi connectivity index (χ2n) is 5.59. The highest BCUT2D eigenvalue weighted by molar-refractivity contribution is 7.16. The molecule has 0 bridgehead atoms. The zero-order chi connectivity index (χ0) is 17.0. The molecule has 2 rings (SSSR count). The van der Waals surface area contributed by atoms with E-state index in [0.717, 1.165) is 0 Å². The fourth-order valence-corrected chi connectivity index (χ4v) is 2.95. The van der Waals surface area contributed by atoms with E-state index in [1.807, 2.05) is 13.8 Å². The second-order valence-corrected chi connectivity index (χ2v) is 6.48. The van der Waals surface area contributed by atoms with Gasteiger partial charge in [0.1, 0.15) is 17.4 Å². The van der Waals surface area contributed by atoms with Crippen molar-refractivity contribution >= 4 is 33.4 Å². The van der Waals surface area contributed by atoms with Crippen molar-refractivity contribution in [3.8, 4) is 0 Å². The van der Waals surface area contributed by atoms with E-state index in [4.69, 9.17) is 4.74 Å². The Kier molecular flexibility index (Phi) is 5.49. The molecule has 0 aliphatic heterocycles. The van der Waals surface area contributed by atoms with Crippen molar-refractivity contribution in [1.29, 1.82) is 0 Å². The topological polar surface area (TPSA) is 90.3 Å². The summed E-state index contributed by atoms with van der Waals surface area (Å²) >= 11 is 1.37. The van der Waals surface area contributed by atoms with Crippen LogP contribution in [0.5, 0.6) is 0 Å². The van der Waals surface area contributed by atoms with Crippen molar-refractivity contribution in [1.82, 2.24) is 14.9 Å². The first-order valence-electron chi connectivity index (χ1n) is 7.22. The largest absolute Gasteiger partial charge is 0.467 e. The standard InChI is InChI=1S/C15H19N3O4S/c1-9(2)6-11(15(21)22-3)17-12(19)7-18-8-16-13-10(14(18)20)4-5-23-13/h4-5,8-9,11H,6-7H2,1-3H3,(H,17,19)/t11-/m1/s1. The first-order chi connectivity index (χ1) is 10.9. The molecule has 2 heterocycles. The Morgan fingerprint density at radius 1 is 1.43 bits per heavy atom. The van der Waals surface area contributed by atoms with E-state index in [0.29, 0.717) is 16.6 Å². The summed E-state index contributed by atoms with van der Waals surface area (Å²) in [5.41, 5.74) is -0.273. The van der Waals surface area contributed by atoms with Crippen LogP contribution in [0.3, 0.4) is 0 Å². The summed E-state index contributed by atoms with van der Waals surface area (Å²) in [7, 11) is 1.28. The third kappa shape index (κ3) is 4.16. The maximum Gasteiger partial charge on any atom is 0.328 e. The van der Waals surface area contributed by atoms with Gasteiger partial charge in [-0.25, -0.2) is 9.78 Å². The minimum Gasteiger partial charge on any atom is -0.467 e. The molecule has 0 aliphatic rings. The van der Waals surface area contributed by atoms with Crippen molar-refractivity contribution in [3.05, 3.63) is 28.1 Å². The monoisotopic (exact) mass is 337 g/mol. The van der Waals surface area contributed by atoms with Gasteiger partial charge in [-0.2, -0.15) is 0 Å². The van der Waals surface area contributed by atoms with Crippen LogP contribution in [0.1, 0.15) is 20.3 Å². The number of hydrogen-bond donors (Lipinski definition) is 1. The van der Waals surface area contributed by atoms with Crippen molar-refractivity contribution in [2.45, 2.75) is 32.9 Å². The zero-order valence-electron chi connectivity index (χ0n) is 13.2. The fourth-order valence-electron chi connectivity index (χ4n) is 2.23. The average Bonchev–Trinajstić information content (AvgIpc) is 2.97. The predicted octanol–water partition coefficient (Wildman–Crippen LogP) is 1.16. The molecule has 7 nitrogen and oxygen atoms in total. The van der Waals surface area contributed by atoms with Crippen LogP contribution in [0.2, 0.25) is 0 Å². The summed E-state index contributed by atoms with van der Waals surface area (Å²) in [4.78, 5) is 40.9. The van der Waals surface area contributed by atoms with Gasteiger partial charge in [0.2, 0.25) is 5.91 Å². The molecule has 2 aromatic rings. The van der Waals surface area contributed by atoms with Gasteiger partial charge in [-0.15, -0.1) is 11.3 Å². The number of nitrogens with zero attached hydrogens (tertiary/aromatic N) is 2. The third-order valence-electron chi connectivity index (χ3n) is 3.29. The Morgan fingerprint density at radius 3 is 2.83 bits per heavy atom. The molecule has 0 saturated carbocycles. The summed E-state index contributed by atoms with van der Waals surface area (Å²) in [5.74, 6) is -0.712. The molecule has 0 saturated heterocycles. The van der Waals surface area contributed by atoms with Gasteiger partial charge in [-0.05, 0) is 23.8 Å². The molecular weight excluding hydrogens is 318 g/mol. The average molecular weight is 337 g/mol. The lowest BCUT2D eigenvalue weighted by Crippen LogP contribution is -2.44. The zero-order valence-corrected chi connectivity index (χ0v) is 14.1. The summed E-state index contributed by atoms with van der Waals surface area (Å²) in [6.45, 7) is 3.70. The Morgan fingerprint density at radius 2 is 2.17 bits per heavy atom. The molecular formula is C15H19N3O4S. The normalized spacial score (nSPS) is 12.3. The van der Waals surface area contributed by atoms with Crippen LogP contribution in [0.25, 0.3) is 10.2 Å². The number of carbonyl (C=O) groups excluding carboxylic acids is 2. The molecule has 0 unspecified atom stereocenters. The number of fused-ring (bicyclic) bond motifs is 1. The number of hydrogen-bond acceptors (Lipinski definition) is 6. The molecule has 1 amide bonds. The first kappa shape index (κ1) is 17.1.